The van der Waals surface area contributed by atoms with E-state index >= 15 is 0 Å². The Morgan fingerprint density at radius 2 is 2.05 bits per heavy atom. The van der Waals surface area contributed by atoms with Crippen LogP contribution in [0.4, 0.5) is 5.69 Å². The predicted molar refractivity (Wildman–Crippen MR) is 82.0 cm³/mol. The summed E-state index contributed by atoms with van der Waals surface area (Å²) in [6, 6.07) is 8.20. The average Bonchev–Trinajstić information content (AvgIpc) is 3.08. The molecule has 1 N–H and O–H groups in total. The Kier molecular flexibility index (Phi) is 3.95. The lowest BCUT2D eigenvalue weighted by Gasteiger charge is -2.18. The molecule has 0 aromatic heterocycles. The summed E-state index contributed by atoms with van der Waals surface area (Å²) in [6.07, 6.45) is 4.88. The number of hydrogen-bond donors (Lipinski definition) is 1. The number of benzene rings is 1. The van der Waals surface area contributed by atoms with Gasteiger partial charge in [-0.3, -0.25) is 9.59 Å². The van der Waals surface area contributed by atoms with Gasteiger partial charge in [0.25, 0.3) is 0 Å². The molecular weight excluding hydrogens is 264 g/mol. The molecule has 2 aliphatic rings. The van der Waals surface area contributed by atoms with Crippen LogP contribution in [0, 0.1) is 12.8 Å². The SMILES string of the molecule is Cc1cccc(N2CC(C(=O)NC3CCCC3)CC2=O)c1. The highest BCUT2D eigenvalue weighted by Crippen LogP contribution is 2.26. The van der Waals surface area contributed by atoms with E-state index in [0.29, 0.717) is 19.0 Å². The van der Waals surface area contributed by atoms with Crippen molar-refractivity contribution < 1.29 is 9.59 Å². The molecular formula is C17H22N2O2. The summed E-state index contributed by atoms with van der Waals surface area (Å²) in [5.74, 6) is -0.115. The molecule has 0 bridgehead atoms. The van der Waals surface area contributed by atoms with Gasteiger partial charge in [0.15, 0.2) is 0 Å². The molecule has 1 aliphatic carbocycles. The van der Waals surface area contributed by atoms with Crippen molar-refractivity contribution in [2.75, 3.05) is 11.4 Å². The number of carbonyl (C=O) groups is 2. The maximum Gasteiger partial charge on any atom is 0.227 e. The lowest BCUT2D eigenvalue weighted by Crippen LogP contribution is -2.38. The first-order valence-corrected chi connectivity index (χ1v) is 7.81. The number of aryl methyl sites for hydroxylation is 1. The van der Waals surface area contributed by atoms with Crippen LogP contribution < -0.4 is 10.2 Å². The van der Waals surface area contributed by atoms with Crippen molar-refractivity contribution in [2.45, 2.75) is 45.1 Å². The lowest BCUT2D eigenvalue weighted by atomic mass is 10.1. The molecule has 1 saturated heterocycles. The number of amides is 2. The number of nitrogens with one attached hydrogen (secondary N) is 1. The van der Waals surface area contributed by atoms with E-state index in [2.05, 4.69) is 5.32 Å². The molecule has 2 amide bonds. The van der Waals surface area contributed by atoms with Gasteiger partial charge in [0.05, 0.1) is 5.92 Å². The molecule has 1 heterocycles. The Labute approximate surface area is 125 Å². The fraction of sp³-hybridized carbons (Fsp3) is 0.529. The standard InChI is InChI=1S/C17H22N2O2/c1-12-5-4-8-15(9-12)19-11-13(10-16(19)20)17(21)18-14-6-2-3-7-14/h4-5,8-9,13-14H,2-3,6-7,10-11H2,1H3,(H,18,21). The third-order valence-electron chi connectivity index (χ3n) is 4.51. The van der Waals surface area contributed by atoms with Gasteiger partial charge < -0.3 is 10.2 Å². The van der Waals surface area contributed by atoms with Crippen LogP contribution >= 0.6 is 0 Å². The molecule has 0 spiro atoms. The fourth-order valence-electron chi connectivity index (χ4n) is 3.32. The zero-order valence-corrected chi connectivity index (χ0v) is 12.5. The highest BCUT2D eigenvalue weighted by atomic mass is 16.2. The van der Waals surface area contributed by atoms with E-state index in [-0.39, 0.29) is 17.7 Å². The highest BCUT2D eigenvalue weighted by molar-refractivity contribution is 6.00. The first-order chi connectivity index (χ1) is 10.1. The quantitative estimate of drug-likeness (QED) is 0.927. The van der Waals surface area contributed by atoms with Crippen LogP contribution in [0.1, 0.15) is 37.7 Å². The van der Waals surface area contributed by atoms with Gasteiger partial charge in [0.1, 0.15) is 0 Å². The molecule has 3 rings (SSSR count). The van der Waals surface area contributed by atoms with E-state index in [1.165, 1.54) is 12.8 Å². The van der Waals surface area contributed by atoms with E-state index in [1.807, 2.05) is 31.2 Å². The molecule has 4 nitrogen and oxygen atoms in total. The first-order valence-electron chi connectivity index (χ1n) is 7.81. The minimum Gasteiger partial charge on any atom is -0.353 e. The topological polar surface area (TPSA) is 49.4 Å². The van der Waals surface area contributed by atoms with Gasteiger partial charge in [0, 0.05) is 24.7 Å². The van der Waals surface area contributed by atoms with E-state index in [0.717, 1.165) is 24.1 Å². The lowest BCUT2D eigenvalue weighted by molar-refractivity contribution is -0.126. The Balaban J connectivity index is 1.65. The summed E-state index contributed by atoms with van der Waals surface area (Å²) in [5.41, 5.74) is 2.02. The molecule has 1 unspecified atom stereocenters. The van der Waals surface area contributed by atoms with Crippen molar-refractivity contribution in [3.63, 3.8) is 0 Å². The number of carbonyl (C=O) groups excluding carboxylic acids is 2. The van der Waals surface area contributed by atoms with Gasteiger partial charge in [-0.2, -0.15) is 0 Å². The minimum atomic E-state index is -0.210. The molecule has 4 heteroatoms. The summed E-state index contributed by atoms with van der Waals surface area (Å²) in [7, 11) is 0. The summed E-state index contributed by atoms with van der Waals surface area (Å²) in [4.78, 5) is 26.2. The van der Waals surface area contributed by atoms with Crippen LogP contribution in [-0.2, 0) is 9.59 Å². The summed E-state index contributed by atoms with van der Waals surface area (Å²) in [5, 5.41) is 3.11. The molecule has 1 atom stereocenters. The molecule has 21 heavy (non-hydrogen) atoms. The van der Waals surface area contributed by atoms with Crippen molar-refractivity contribution in [3.8, 4) is 0 Å². The average molecular weight is 286 g/mol. The van der Waals surface area contributed by atoms with Gasteiger partial charge in [-0.15, -0.1) is 0 Å². The number of anilines is 1. The maximum atomic E-state index is 12.3. The fourth-order valence-corrected chi connectivity index (χ4v) is 3.32. The van der Waals surface area contributed by atoms with Gasteiger partial charge in [-0.1, -0.05) is 25.0 Å². The Hall–Kier alpha value is -1.84. The largest absolute Gasteiger partial charge is 0.353 e. The number of hydrogen-bond acceptors (Lipinski definition) is 2. The normalized spacial score (nSPS) is 22.8. The Bertz CT molecular complexity index is 549. The molecule has 1 aromatic carbocycles. The maximum absolute atomic E-state index is 12.3. The van der Waals surface area contributed by atoms with Crippen molar-refractivity contribution >= 4 is 17.5 Å². The number of nitrogens with zero attached hydrogens (tertiary/aromatic N) is 1. The van der Waals surface area contributed by atoms with Gasteiger partial charge in [-0.25, -0.2) is 0 Å². The third kappa shape index (κ3) is 3.09. The van der Waals surface area contributed by atoms with E-state index in [9.17, 15) is 9.59 Å². The number of rotatable bonds is 3. The monoisotopic (exact) mass is 286 g/mol. The van der Waals surface area contributed by atoms with Gasteiger partial charge in [0.2, 0.25) is 11.8 Å². The van der Waals surface area contributed by atoms with Crippen molar-refractivity contribution in [2.24, 2.45) is 5.92 Å². The molecule has 1 aliphatic heterocycles. The van der Waals surface area contributed by atoms with Crippen LogP contribution in [0.25, 0.3) is 0 Å². The Morgan fingerprint density at radius 3 is 2.76 bits per heavy atom. The molecule has 2 fully saturated rings. The first kappa shape index (κ1) is 14.1. The minimum absolute atomic E-state index is 0.0467. The zero-order chi connectivity index (χ0) is 14.8. The van der Waals surface area contributed by atoms with Crippen molar-refractivity contribution in [1.82, 2.24) is 5.32 Å². The summed E-state index contributed by atoms with van der Waals surface area (Å²) < 4.78 is 0. The van der Waals surface area contributed by atoms with Crippen LogP contribution in [0.5, 0.6) is 0 Å². The zero-order valence-electron chi connectivity index (χ0n) is 12.5. The molecule has 112 valence electrons. The predicted octanol–water partition coefficient (Wildman–Crippen LogP) is 2.41. The smallest absolute Gasteiger partial charge is 0.227 e. The van der Waals surface area contributed by atoms with E-state index in [1.54, 1.807) is 4.90 Å². The van der Waals surface area contributed by atoms with Crippen molar-refractivity contribution in [1.29, 1.82) is 0 Å². The summed E-state index contributed by atoms with van der Waals surface area (Å²) in [6.45, 7) is 2.51. The van der Waals surface area contributed by atoms with Crippen LogP contribution in [0.3, 0.4) is 0 Å². The molecule has 1 saturated carbocycles. The Morgan fingerprint density at radius 1 is 1.29 bits per heavy atom. The van der Waals surface area contributed by atoms with Crippen LogP contribution in [0.2, 0.25) is 0 Å². The van der Waals surface area contributed by atoms with E-state index < -0.39 is 0 Å². The van der Waals surface area contributed by atoms with Crippen LogP contribution in [0.15, 0.2) is 24.3 Å². The second-order valence-corrected chi connectivity index (χ2v) is 6.23. The highest BCUT2D eigenvalue weighted by Gasteiger charge is 2.36. The molecule has 1 aromatic rings. The van der Waals surface area contributed by atoms with Crippen LogP contribution in [-0.4, -0.2) is 24.4 Å². The third-order valence-corrected chi connectivity index (χ3v) is 4.51. The van der Waals surface area contributed by atoms with Gasteiger partial charge in [-0.05, 0) is 37.5 Å². The second-order valence-electron chi connectivity index (χ2n) is 6.23. The summed E-state index contributed by atoms with van der Waals surface area (Å²) >= 11 is 0. The van der Waals surface area contributed by atoms with Crippen molar-refractivity contribution in [3.05, 3.63) is 29.8 Å². The van der Waals surface area contributed by atoms with E-state index in [4.69, 9.17) is 0 Å². The van der Waals surface area contributed by atoms with Gasteiger partial charge >= 0.3 is 0 Å². The molecule has 0 radical (unpaired) electrons. The second kappa shape index (κ2) is 5.88.